The number of ether oxygens (including phenoxy) is 1. The number of hydrogen-bond donors (Lipinski definition) is 2. The van der Waals surface area contributed by atoms with Crippen LogP contribution in [-0.4, -0.2) is 18.1 Å². The van der Waals surface area contributed by atoms with Gasteiger partial charge in [-0.1, -0.05) is 13.0 Å². The molecular weight excluding hydrogens is 274 g/mol. The van der Waals surface area contributed by atoms with E-state index in [-0.39, 0.29) is 0 Å². The van der Waals surface area contributed by atoms with Gasteiger partial charge in [-0.15, -0.1) is 0 Å². The molecule has 2 rings (SSSR count). The molecule has 0 radical (unpaired) electrons. The van der Waals surface area contributed by atoms with Gasteiger partial charge >= 0.3 is 0 Å². The van der Waals surface area contributed by atoms with E-state index in [4.69, 9.17) is 10.5 Å². The first-order valence-corrected chi connectivity index (χ1v) is 7.90. The Morgan fingerprint density at radius 2 is 1.95 bits per heavy atom. The molecule has 0 aliphatic carbocycles. The minimum atomic E-state index is 0.711. The summed E-state index contributed by atoms with van der Waals surface area (Å²) in [5.41, 5.74) is 9.27. The molecule has 2 aromatic rings. The molecule has 0 aliphatic heterocycles. The van der Waals surface area contributed by atoms with Gasteiger partial charge < -0.3 is 15.8 Å². The Kier molecular flexibility index (Phi) is 6.71. The van der Waals surface area contributed by atoms with Gasteiger partial charge in [-0.3, -0.25) is 4.98 Å². The molecule has 1 heterocycles. The number of nitrogens with one attached hydrogen (secondary N) is 1. The average molecular weight is 299 g/mol. The number of benzene rings is 1. The first-order valence-electron chi connectivity index (χ1n) is 7.90. The summed E-state index contributed by atoms with van der Waals surface area (Å²) < 4.78 is 5.59. The van der Waals surface area contributed by atoms with E-state index >= 15 is 0 Å². The molecule has 0 amide bonds. The summed E-state index contributed by atoms with van der Waals surface area (Å²) in [6.07, 6.45) is 6.73. The molecule has 3 N–H and O–H groups in total. The summed E-state index contributed by atoms with van der Waals surface area (Å²) in [6.45, 7) is 4.66. The number of anilines is 1. The maximum absolute atomic E-state index is 6.02. The molecule has 4 heteroatoms. The smallest absolute Gasteiger partial charge is 0.142 e. The Labute approximate surface area is 132 Å². The van der Waals surface area contributed by atoms with Crippen molar-refractivity contribution in [2.24, 2.45) is 0 Å². The lowest BCUT2D eigenvalue weighted by Gasteiger charge is -2.10. The van der Waals surface area contributed by atoms with E-state index in [2.05, 4.69) is 23.3 Å². The summed E-state index contributed by atoms with van der Waals surface area (Å²) in [5, 5.41) is 3.44. The van der Waals surface area contributed by atoms with Crippen molar-refractivity contribution in [3.63, 3.8) is 0 Å². The van der Waals surface area contributed by atoms with Crippen LogP contribution in [0.25, 0.3) is 0 Å². The van der Waals surface area contributed by atoms with Crippen molar-refractivity contribution in [3.8, 4) is 5.75 Å². The van der Waals surface area contributed by atoms with Crippen molar-refractivity contribution in [2.45, 2.75) is 32.7 Å². The number of aromatic nitrogens is 1. The van der Waals surface area contributed by atoms with Gasteiger partial charge in [-0.2, -0.15) is 0 Å². The van der Waals surface area contributed by atoms with Crippen LogP contribution >= 0.6 is 0 Å². The van der Waals surface area contributed by atoms with Gasteiger partial charge in [0.1, 0.15) is 5.75 Å². The molecule has 0 aliphatic rings. The molecule has 0 fully saturated rings. The fraction of sp³-hybridized carbons (Fsp3) is 0.389. The molecule has 0 saturated heterocycles. The lowest BCUT2D eigenvalue weighted by Crippen LogP contribution is -2.15. The molecular formula is C18H25N3O. The van der Waals surface area contributed by atoms with Gasteiger partial charge in [0, 0.05) is 18.9 Å². The Morgan fingerprint density at radius 3 is 2.68 bits per heavy atom. The summed E-state index contributed by atoms with van der Waals surface area (Å²) in [7, 11) is 0. The van der Waals surface area contributed by atoms with Gasteiger partial charge in [0.2, 0.25) is 0 Å². The van der Waals surface area contributed by atoms with Crippen molar-refractivity contribution in [1.82, 2.24) is 10.3 Å². The highest BCUT2D eigenvalue weighted by Gasteiger charge is 2.02. The highest BCUT2D eigenvalue weighted by atomic mass is 16.5. The van der Waals surface area contributed by atoms with Crippen LogP contribution in [0, 0.1) is 0 Å². The lowest BCUT2D eigenvalue weighted by atomic mass is 10.1. The molecule has 22 heavy (non-hydrogen) atoms. The highest BCUT2D eigenvalue weighted by molar-refractivity contribution is 5.54. The van der Waals surface area contributed by atoms with Crippen molar-refractivity contribution < 1.29 is 4.74 Å². The van der Waals surface area contributed by atoms with Gasteiger partial charge in [-0.25, -0.2) is 0 Å². The number of nitrogen functional groups attached to an aromatic ring is 1. The topological polar surface area (TPSA) is 60.2 Å². The molecule has 0 bridgehead atoms. The van der Waals surface area contributed by atoms with Crippen molar-refractivity contribution in [2.75, 3.05) is 18.9 Å². The third-order valence-electron chi connectivity index (χ3n) is 3.43. The zero-order chi connectivity index (χ0) is 15.6. The Hall–Kier alpha value is -2.07. The predicted octanol–water partition coefficient (Wildman–Crippen LogP) is 3.18. The van der Waals surface area contributed by atoms with Crippen LogP contribution < -0.4 is 15.8 Å². The van der Waals surface area contributed by atoms with E-state index < -0.39 is 0 Å². The predicted molar refractivity (Wildman–Crippen MR) is 90.9 cm³/mol. The Morgan fingerprint density at radius 1 is 1.14 bits per heavy atom. The van der Waals surface area contributed by atoms with Crippen LogP contribution in [0.3, 0.4) is 0 Å². The average Bonchev–Trinajstić information content (AvgIpc) is 2.55. The number of pyridine rings is 1. The van der Waals surface area contributed by atoms with Crippen molar-refractivity contribution in [1.29, 1.82) is 0 Å². The lowest BCUT2D eigenvalue weighted by molar-refractivity contribution is 0.319. The number of hydrogen-bond acceptors (Lipinski definition) is 4. The first-order chi connectivity index (χ1) is 10.8. The number of rotatable bonds is 9. The molecule has 0 saturated carbocycles. The standard InChI is InChI=1S/C18H25N3O/c1-2-12-22-18-6-5-15(13-17(18)19)4-3-9-21-14-16-7-10-20-11-8-16/h5-8,10-11,13,21H,2-4,9,12,14,19H2,1H3. The fourth-order valence-corrected chi connectivity index (χ4v) is 2.25. The second-order valence-electron chi connectivity index (χ2n) is 5.36. The summed E-state index contributed by atoms with van der Waals surface area (Å²) in [6, 6.07) is 10.2. The monoisotopic (exact) mass is 299 g/mol. The number of aryl methyl sites for hydroxylation is 1. The zero-order valence-corrected chi connectivity index (χ0v) is 13.2. The van der Waals surface area contributed by atoms with Crippen LogP contribution in [0.5, 0.6) is 5.75 Å². The van der Waals surface area contributed by atoms with Crippen molar-refractivity contribution in [3.05, 3.63) is 53.9 Å². The van der Waals surface area contributed by atoms with E-state index in [1.54, 1.807) is 0 Å². The molecule has 1 aromatic heterocycles. The van der Waals surface area contributed by atoms with Gasteiger partial charge in [0.25, 0.3) is 0 Å². The second-order valence-corrected chi connectivity index (χ2v) is 5.36. The molecule has 0 unspecified atom stereocenters. The Balaban J connectivity index is 1.69. The number of nitrogens with two attached hydrogens (primary N) is 1. The maximum Gasteiger partial charge on any atom is 0.142 e. The van der Waals surface area contributed by atoms with Crippen LogP contribution in [0.4, 0.5) is 5.69 Å². The van der Waals surface area contributed by atoms with Crippen LogP contribution in [0.2, 0.25) is 0 Å². The van der Waals surface area contributed by atoms with Gasteiger partial charge in [0.15, 0.2) is 0 Å². The summed E-state index contributed by atoms with van der Waals surface area (Å²) in [4.78, 5) is 4.01. The zero-order valence-electron chi connectivity index (χ0n) is 13.2. The summed E-state index contributed by atoms with van der Waals surface area (Å²) in [5.74, 6) is 0.793. The van der Waals surface area contributed by atoms with Gasteiger partial charge in [0.05, 0.1) is 12.3 Å². The SMILES string of the molecule is CCCOc1ccc(CCCNCc2ccncc2)cc1N. The van der Waals surface area contributed by atoms with E-state index in [9.17, 15) is 0 Å². The molecule has 4 nitrogen and oxygen atoms in total. The van der Waals surface area contributed by atoms with Crippen LogP contribution in [0.1, 0.15) is 30.9 Å². The third kappa shape index (κ3) is 5.37. The Bertz CT molecular complexity index is 558. The molecule has 1 aromatic carbocycles. The summed E-state index contributed by atoms with van der Waals surface area (Å²) >= 11 is 0. The normalized spacial score (nSPS) is 10.6. The van der Waals surface area contributed by atoms with Crippen LogP contribution in [-0.2, 0) is 13.0 Å². The minimum absolute atomic E-state index is 0.711. The van der Waals surface area contributed by atoms with E-state index in [1.165, 1.54) is 11.1 Å². The molecule has 0 atom stereocenters. The second kappa shape index (κ2) is 9.05. The van der Waals surface area contributed by atoms with Crippen molar-refractivity contribution >= 4 is 5.69 Å². The van der Waals surface area contributed by atoms with Gasteiger partial charge in [-0.05, 0) is 61.2 Å². The van der Waals surface area contributed by atoms with E-state index in [0.29, 0.717) is 6.61 Å². The first kappa shape index (κ1) is 16.3. The fourth-order valence-electron chi connectivity index (χ4n) is 2.25. The highest BCUT2D eigenvalue weighted by Crippen LogP contribution is 2.23. The van der Waals surface area contributed by atoms with E-state index in [0.717, 1.165) is 43.8 Å². The number of nitrogens with zero attached hydrogens (tertiary/aromatic N) is 1. The maximum atomic E-state index is 6.02. The minimum Gasteiger partial charge on any atom is -0.491 e. The third-order valence-corrected chi connectivity index (χ3v) is 3.43. The quantitative estimate of drug-likeness (QED) is 0.551. The largest absolute Gasteiger partial charge is 0.491 e. The van der Waals surface area contributed by atoms with E-state index in [1.807, 2.05) is 36.7 Å². The molecule has 118 valence electrons. The molecule has 0 spiro atoms. The van der Waals surface area contributed by atoms with Crippen LogP contribution in [0.15, 0.2) is 42.7 Å².